The van der Waals surface area contributed by atoms with Crippen LogP contribution in [0.25, 0.3) is 32.7 Å². The number of aromatic nitrogens is 3. The van der Waals surface area contributed by atoms with Crippen molar-refractivity contribution < 1.29 is 112 Å². The lowest BCUT2D eigenvalue weighted by Gasteiger charge is -2.20. The number of hydrogen-bond donors (Lipinski definition) is 12. The van der Waals surface area contributed by atoms with Gasteiger partial charge in [-0.05, 0) is 153 Å². The van der Waals surface area contributed by atoms with E-state index in [0.29, 0.717) is 88.7 Å². The van der Waals surface area contributed by atoms with Crippen LogP contribution in [0.5, 0.6) is 34.5 Å². The fourth-order valence-electron chi connectivity index (χ4n) is 11.3. The van der Waals surface area contributed by atoms with E-state index in [-0.39, 0.29) is 77.4 Å². The number of nitrogens with two attached hydrogens (primary N) is 2. The van der Waals surface area contributed by atoms with E-state index in [1.165, 1.54) is 97.3 Å². The average molecular weight is 1890 g/mol. The van der Waals surface area contributed by atoms with Crippen molar-refractivity contribution in [2.24, 2.45) is 10.9 Å². The second-order valence-electron chi connectivity index (χ2n) is 29.0. The van der Waals surface area contributed by atoms with E-state index in [0.717, 1.165) is 16.2 Å². The van der Waals surface area contributed by atoms with Gasteiger partial charge in [-0.1, -0.05) is 73.9 Å². The summed E-state index contributed by atoms with van der Waals surface area (Å²) < 4.78 is 201. The molecule has 0 saturated carbocycles. The molecule has 0 aliphatic rings. The molecule has 0 saturated heterocycles. The lowest BCUT2D eigenvalue weighted by atomic mass is 10.1. The smallest absolute Gasteiger partial charge is 0.422 e. The SMILES string of the molecule is CC(C)(C)OC(=O)NS(=O)(=O)NCCCCC(N)C(=O)Nc1cccc2cccnc12.COc1ccc(S(=O)(=O)Cl)cc1OC.COc1ccc(S(=O)(=O)NC(CCCCNS(=O)(=O)NC(=O)OC(C)(C)C)C(=O)Nc2cccc3cccnc23)cc1OC.COc1ccc(S(=O)(=O)NC(CCCCNS(N)(=O)=O)C(=O)Nc2cccc3cccnc23)cc1OC. The number of unbranched alkanes of at least 4 members (excludes halogenated alkanes) is 3. The average Bonchev–Trinajstić information content (AvgIpc) is 0.820. The number of amides is 5. The number of para-hydroxylation sites is 3. The van der Waals surface area contributed by atoms with Crippen molar-refractivity contribution in [3.63, 3.8) is 0 Å². The Labute approximate surface area is 736 Å². The molecule has 0 aliphatic carbocycles. The van der Waals surface area contributed by atoms with Gasteiger partial charge in [0.15, 0.2) is 34.5 Å². The zero-order valence-corrected chi connectivity index (χ0v) is 76.5. The Bertz CT molecular complexity index is 5960. The van der Waals surface area contributed by atoms with Gasteiger partial charge in [-0.25, -0.2) is 54.1 Å². The van der Waals surface area contributed by atoms with Gasteiger partial charge in [0.25, 0.3) is 19.3 Å². The van der Waals surface area contributed by atoms with Gasteiger partial charge < -0.3 is 59.6 Å². The van der Waals surface area contributed by atoms with Crippen LogP contribution in [0.1, 0.15) is 99.3 Å². The molecule has 3 aromatic heterocycles. The highest BCUT2D eigenvalue weighted by Crippen LogP contribution is 2.34. The third kappa shape index (κ3) is 34.7. The normalized spacial score (nSPS) is 12.6. The Kier molecular flexibility index (Phi) is 39.2. The highest BCUT2D eigenvalue weighted by Gasteiger charge is 2.31. The Morgan fingerprint density at radius 2 is 0.690 bits per heavy atom. The Hall–Kier alpha value is -11.0. The lowest BCUT2D eigenvalue weighted by molar-refractivity contribution is -0.118. The summed E-state index contributed by atoms with van der Waals surface area (Å²) in [4.78, 5) is 75.1. The van der Waals surface area contributed by atoms with E-state index in [4.69, 9.17) is 59.4 Å². The van der Waals surface area contributed by atoms with E-state index in [1.54, 1.807) is 112 Å². The van der Waals surface area contributed by atoms with Crippen LogP contribution in [0.15, 0.2) is 179 Å². The molecule has 3 unspecified atom stereocenters. The number of fused-ring (bicyclic) bond motifs is 3. The van der Waals surface area contributed by atoms with Crippen molar-refractivity contribution in [2.75, 3.05) is 78.2 Å². The largest absolute Gasteiger partial charge is 0.493 e. The molecule has 0 fully saturated rings. The molecule has 47 heteroatoms. The van der Waals surface area contributed by atoms with E-state index in [1.807, 2.05) is 48.5 Å². The molecule has 126 heavy (non-hydrogen) atoms. The zero-order chi connectivity index (χ0) is 93.4. The number of halogens is 1. The van der Waals surface area contributed by atoms with Gasteiger partial charge in [0, 0.05) is 83.3 Å². The van der Waals surface area contributed by atoms with Gasteiger partial charge in [-0.3, -0.25) is 29.3 Å². The van der Waals surface area contributed by atoms with Gasteiger partial charge >= 0.3 is 32.6 Å². The number of ether oxygens (including phenoxy) is 8. The minimum absolute atomic E-state index is 0.0117. The number of nitrogens with one attached hydrogen (secondary N) is 10. The second kappa shape index (κ2) is 47.5. The van der Waals surface area contributed by atoms with Crippen LogP contribution in [-0.4, -0.2) is 187 Å². The maximum atomic E-state index is 13.5. The molecule has 9 aromatic rings. The summed E-state index contributed by atoms with van der Waals surface area (Å²) in [7, 11) is -10.5. The number of sulfonamides is 2. The Morgan fingerprint density at radius 3 is 1.01 bits per heavy atom. The molecule has 3 heterocycles. The quantitative estimate of drug-likeness (QED) is 0.0127. The van der Waals surface area contributed by atoms with E-state index in [2.05, 4.69) is 54.5 Å². The number of anilines is 3. The number of carbonyl (C=O) groups is 5. The van der Waals surface area contributed by atoms with Gasteiger partial charge in [-0.15, -0.1) is 0 Å². The van der Waals surface area contributed by atoms with Crippen molar-refractivity contribution in [1.82, 2.24) is 48.0 Å². The summed E-state index contributed by atoms with van der Waals surface area (Å²) in [6.07, 6.45) is 5.14. The standard InChI is InChI=1S/C28H37N5O9S2.C23H29N5O7S2.C20H29N5O5S.C8H9ClO4S/c1-28(2,3)42-27(35)33-44(38,39)30-17-7-6-12-22(26(34)31-21-13-8-10-19-11-9-16-29-25(19)21)32-43(36,37)20-14-15-23(40-4)24(18-20)41-5;1-34-20-12-11-17(15-21(20)35-2)36(30,31)28-19(9-3-4-14-26-37(24,32)33)23(29)27-18-10-5-7-16-8-6-13-25-22(16)18;1-20(2,3)30-19(27)25-31(28,29)23-13-5-4-10-15(21)18(26)24-16-11-6-8-14-9-7-12-22-17(14)16;1-12-7-4-3-6(14(9,10)11)5-8(7)13-2/h8-11,13-16,18,22,30,32H,6-7,12,17H2,1-5H3,(H,31,34)(H,33,35);5-8,10-13,15,19,26,28H,3-4,9,14H2,1-2H3,(H,27,29)(H2,24,32,33);6-9,11-12,15,23H,4-5,10,13,21H2,1-3H3,(H,24,26)(H,25,27);3-5H,1-2H3. The lowest BCUT2D eigenvalue weighted by Crippen LogP contribution is -2.44. The van der Waals surface area contributed by atoms with Crippen molar-refractivity contribution in [1.29, 1.82) is 0 Å². The molecule has 0 aliphatic heterocycles. The van der Waals surface area contributed by atoms with Crippen LogP contribution in [0.2, 0.25) is 0 Å². The molecule has 5 amide bonds. The third-order valence-corrected chi connectivity index (χ3v) is 24.0. The second-order valence-corrected chi connectivity index (χ2v) is 39.4. The first kappa shape index (κ1) is 104. The van der Waals surface area contributed by atoms with Crippen LogP contribution in [0.3, 0.4) is 0 Å². The number of carbonyl (C=O) groups excluding carboxylic acids is 5. The number of rotatable bonds is 39. The molecule has 0 radical (unpaired) electrons. The Morgan fingerprint density at radius 1 is 0.389 bits per heavy atom. The summed E-state index contributed by atoms with van der Waals surface area (Å²) in [5.41, 5.74) is 7.42. The zero-order valence-electron chi connectivity index (χ0n) is 70.8. The monoisotopic (exact) mass is 1890 g/mol. The van der Waals surface area contributed by atoms with Crippen molar-refractivity contribution in [3.8, 4) is 34.5 Å². The first-order chi connectivity index (χ1) is 59.1. The highest BCUT2D eigenvalue weighted by atomic mass is 35.7. The maximum Gasteiger partial charge on any atom is 0.422 e. The maximum absolute atomic E-state index is 13.5. The summed E-state index contributed by atoms with van der Waals surface area (Å²) in [5.74, 6) is 0.277. The molecule has 40 nitrogen and oxygen atoms in total. The first-order valence-electron chi connectivity index (χ1n) is 38.3. The molecule has 9 rings (SSSR count). The highest BCUT2D eigenvalue weighted by molar-refractivity contribution is 8.13. The first-order valence-corrected chi connectivity index (χ1v) is 48.1. The molecule has 6 aromatic carbocycles. The van der Waals surface area contributed by atoms with Crippen molar-refractivity contribution in [3.05, 3.63) is 164 Å². The fourth-order valence-corrected chi connectivity index (χ4v) is 16.5. The molecule has 3 atom stereocenters. The van der Waals surface area contributed by atoms with Gasteiger partial charge in [0.05, 0.1) is 97.0 Å². The molecular formula is C79H104ClN15O25S6. The molecule has 0 bridgehead atoms. The molecule has 14 N–H and O–H groups in total. The van der Waals surface area contributed by atoms with Crippen LogP contribution in [0.4, 0.5) is 26.7 Å². The predicted octanol–water partition coefficient (Wildman–Crippen LogP) is 8.23. The van der Waals surface area contributed by atoms with E-state index >= 15 is 0 Å². The van der Waals surface area contributed by atoms with Gasteiger partial charge in [0.2, 0.25) is 37.8 Å². The Balaban J connectivity index is 0.000000273. The van der Waals surface area contributed by atoms with Crippen LogP contribution >= 0.6 is 10.7 Å². The molecule has 0 spiro atoms. The molecular weight excluding hydrogens is 1790 g/mol. The summed E-state index contributed by atoms with van der Waals surface area (Å²) in [6, 6.07) is 35.9. The van der Waals surface area contributed by atoms with Gasteiger partial charge in [-0.2, -0.15) is 44.1 Å². The number of hydrogen-bond acceptors (Lipinski definition) is 29. The third-order valence-electron chi connectivity index (χ3n) is 17.1. The van der Waals surface area contributed by atoms with E-state index in [9.17, 15) is 74.5 Å². The van der Waals surface area contributed by atoms with Crippen molar-refractivity contribution >= 4 is 150 Å². The summed E-state index contributed by atoms with van der Waals surface area (Å²) in [6.45, 7) is 9.69. The topological polar surface area (TPSA) is 575 Å². The summed E-state index contributed by atoms with van der Waals surface area (Å²) >= 11 is 0. The summed E-state index contributed by atoms with van der Waals surface area (Å²) in [5, 5.41) is 15.7. The fraction of sp³-hybridized carbons (Fsp3) is 0.367. The number of pyridine rings is 3. The number of benzene rings is 6. The number of methoxy groups -OCH3 is 6. The van der Waals surface area contributed by atoms with Crippen molar-refractivity contribution in [2.45, 2.75) is 143 Å². The van der Waals surface area contributed by atoms with Crippen LogP contribution in [0, 0.1) is 0 Å². The minimum Gasteiger partial charge on any atom is -0.493 e. The van der Waals surface area contributed by atoms with Crippen LogP contribution < -0.4 is 88.3 Å². The molecule has 688 valence electrons. The van der Waals surface area contributed by atoms with E-state index < -0.39 is 113 Å². The minimum atomic E-state index is -4.23. The van der Waals surface area contributed by atoms with Crippen LogP contribution in [-0.2, 0) is 83.6 Å². The van der Waals surface area contributed by atoms with Gasteiger partial charge in [0.1, 0.15) is 23.3 Å². The predicted molar refractivity (Wildman–Crippen MR) is 474 cm³/mol. The number of nitrogens with zero attached hydrogens (tertiary/aromatic N) is 3.